The number of benzene rings is 1. The molecule has 0 radical (unpaired) electrons. The molecule has 20 heavy (non-hydrogen) atoms. The molecular formula is C17H22ClNO. The molecule has 0 N–H and O–H groups in total. The predicted octanol–water partition coefficient (Wildman–Crippen LogP) is 4.70. The molecule has 1 saturated carbocycles. The highest BCUT2D eigenvalue weighted by Gasteiger charge is 2.33. The minimum atomic E-state index is 0.0373. The fourth-order valence-electron chi connectivity index (χ4n) is 3.91. The second-order valence-electron chi connectivity index (χ2n) is 6.17. The van der Waals surface area contributed by atoms with E-state index < -0.39 is 0 Å². The lowest BCUT2D eigenvalue weighted by atomic mass is 9.95. The van der Waals surface area contributed by atoms with E-state index in [4.69, 9.17) is 11.6 Å². The Morgan fingerprint density at radius 3 is 2.60 bits per heavy atom. The summed E-state index contributed by atoms with van der Waals surface area (Å²) >= 11 is 6.26. The first-order valence-corrected chi connectivity index (χ1v) is 8.12. The average Bonchev–Trinajstić information content (AvgIpc) is 3.09. The number of anilines is 1. The summed E-state index contributed by atoms with van der Waals surface area (Å²) in [6.45, 7) is 2.69. The number of carbonyl (C=O) groups excluding carboxylic acids is 1. The van der Waals surface area contributed by atoms with Crippen LogP contribution >= 0.6 is 11.6 Å². The summed E-state index contributed by atoms with van der Waals surface area (Å²) in [7, 11) is 0. The fourth-order valence-corrected chi connectivity index (χ4v) is 4.22. The van der Waals surface area contributed by atoms with Crippen LogP contribution in [-0.2, 0) is 0 Å². The summed E-state index contributed by atoms with van der Waals surface area (Å²) < 4.78 is 0. The van der Waals surface area contributed by atoms with Crippen LogP contribution in [-0.4, -0.2) is 18.4 Å². The smallest absolute Gasteiger partial charge is 0.161 e. The van der Waals surface area contributed by atoms with Gasteiger partial charge in [0.05, 0.1) is 5.02 Å². The molecule has 3 rings (SSSR count). The summed E-state index contributed by atoms with van der Waals surface area (Å²) in [6, 6.07) is 6.60. The van der Waals surface area contributed by atoms with E-state index in [1.165, 1.54) is 44.2 Å². The van der Waals surface area contributed by atoms with Crippen molar-refractivity contribution in [2.75, 3.05) is 11.4 Å². The third-order valence-corrected chi connectivity index (χ3v) is 5.22. The van der Waals surface area contributed by atoms with Crippen molar-refractivity contribution >= 4 is 23.1 Å². The van der Waals surface area contributed by atoms with Crippen molar-refractivity contribution < 1.29 is 4.79 Å². The van der Waals surface area contributed by atoms with Gasteiger partial charge >= 0.3 is 0 Å². The van der Waals surface area contributed by atoms with E-state index in [1.54, 1.807) is 6.92 Å². The lowest BCUT2D eigenvalue weighted by Gasteiger charge is -2.31. The number of hydrogen-bond donors (Lipinski definition) is 0. The number of hydrogen-bond acceptors (Lipinski definition) is 2. The lowest BCUT2D eigenvalue weighted by molar-refractivity contribution is 0.101. The van der Waals surface area contributed by atoms with Crippen LogP contribution in [0.25, 0.3) is 0 Å². The number of Topliss-reactive ketones (excluding diaryl/α,β-unsaturated/α-hetero) is 1. The molecule has 1 atom stereocenters. The quantitative estimate of drug-likeness (QED) is 0.752. The summed E-state index contributed by atoms with van der Waals surface area (Å²) in [6.07, 6.45) is 8.10. The van der Waals surface area contributed by atoms with Crippen LogP contribution in [0.3, 0.4) is 0 Å². The molecule has 2 nitrogen and oxygen atoms in total. The van der Waals surface area contributed by atoms with Gasteiger partial charge in [0.1, 0.15) is 0 Å². The third kappa shape index (κ3) is 2.58. The van der Waals surface area contributed by atoms with Gasteiger partial charge in [0.2, 0.25) is 0 Å². The minimum Gasteiger partial charge on any atom is -0.368 e. The van der Waals surface area contributed by atoms with Crippen molar-refractivity contribution in [3.8, 4) is 0 Å². The topological polar surface area (TPSA) is 20.3 Å². The van der Waals surface area contributed by atoms with Gasteiger partial charge in [-0.25, -0.2) is 0 Å². The highest BCUT2D eigenvalue weighted by atomic mass is 35.5. The van der Waals surface area contributed by atoms with Crippen LogP contribution < -0.4 is 4.90 Å². The van der Waals surface area contributed by atoms with Gasteiger partial charge in [-0.15, -0.1) is 0 Å². The Morgan fingerprint density at radius 2 is 1.95 bits per heavy atom. The SMILES string of the molecule is CC(=O)c1ccc(N2CCCC2C2CCCC2)cc1Cl. The molecule has 1 saturated heterocycles. The average molecular weight is 292 g/mol. The van der Waals surface area contributed by atoms with Gasteiger partial charge in [0, 0.05) is 23.8 Å². The third-order valence-electron chi connectivity index (χ3n) is 4.91. The minimum absolute atomic E-state index is 0.0373. The van der Waals surface area contributed by atoms with Crippen molar-refractivity contribution in [2.24, 2.45) is 5.92 Å². The normalized spacial score (nSPS) is 23.5. The van der Waals surface area contributed by atoms with Gasteiger partial charge in [-0.2, -0.15) is 0 Å². The Balaban J connectivity index is 1.84. The van der Waals surface area contributed by atoms with Crippen LogP contribution in [0.5, 0.6) is 0 Å². The van der Waals surface area contributed by atoms with Crippen LogP contribution in [0, 0.1) is 5.92 Å². The molecule has 0 aromatic heterocycles. The molecule has 2 aliphatic rings. The van der Waals surface area contributed by atoms with Crippen LogP contribution in [0.4, 0.5) is 5.69 Å². The standard InChI is InChI=1S/C17H22ClNO/c1-12(20)15-9-8-14(11-16(15)18)19-10-4-7-17(19)13-5-2-3-6-13/h8-9,11,13,17H,2-7,10H2,1H3. The molecule has 108 valence electrons. The maximum absolute atomic E-state index is 11.5. The van der Waals surface area contributed by atoms with E-state index in [1.807, 2.05) is 12.1 Å². The van der Waals surface area contributed by atoms with Gasteiger partial charge in [-0.05, 0) is 56.7 Å². The summed E-state index contributed by atoms with van der Waals surface area (Å²) in [5, 5.41) is 0.590. The first-order valence-electron chi connectivity index (χ1n) is 7.74. The van der Waals surface area contributed by atoms with Crippen molar-refractivity contribution in [1.29, 1.82) is 0 Å². The van der Waals surface area contributed by atoms with Gasteiger partial charge in [-0.1, -0.05) is 24.4 Å². The summed E-state index contributed by atoms with van der Waals surface area (Å²) in [5.41, 5.74) is 1.82. The molecular weight excluding hydrogens is 270 g/mol. The predicted molar refractivity (Wildman–Crippen MR) is 83.8 cm³/mol. The number of rotatable bonds is 3. The molecule has 1 unspecified atom stereocenters. The highest BCUT2D eigenvalue weighted by molar-refractivity contribution is 6.34. The highest BCUT2D eigenvalue weighted by Crippen LogP contribution is 2.38. The zero-order chi connectivity index (χ0) is 14.1. The van der Waals surface area contributed by atoms with Gasteiger partial charge in [-0.3, -0.25) is 4.79 Å². The monoisotopic (exact) mass is 291 g/mol. The van der Waals surface area contributed by atoms with E-state index in [0.29, 0.717) is 16.6 Å². The number of nitrogens with zero attached hydrogens (tertiary/aromatic N) is 1. The van der Waals surface area contributed by atoms with E-state index in [-0.39, 0.29) is 5.78 Å². The molecule has 2 fully saturated rings. The fraction of sp³-hybridized carbons (Fsp3) is 0.588. The molecule has 0 spiro atoms. The zero-order valence-electron chi connectivity index (χ0n) is 12.1. The van der Waals surface area contributed by atoms with Gasteiger partial charge in [0.25, 0.3) is 0 Å². The number of carbonyl (C=O) groups is 1. The molecule has 3 heteroatoms. The van der Waals surface area contributed by atoms with Crippen molar-refractivity contribution in [3.05, 3.63) is 28.8 Å². The molecule has 1 heterocycles. The van der Waals surface area contributed by atoms with E-state index in [9.17, 15) is 4.79 Å². The van der Waals surface area contributed by atoms with E-state index in [2.05, 4.69) is 11.0 Å². The zero-order valence-corrected chi connectivity index (χ0v) is 12.8. The van der Waals surface area contributed by atoms with Gasteiger partial charge < -0.3 is 4.90 Å². The van der Waals surface area contributed by atoms with E-state index in [0.717, 1.165) is 12.5 Å². The molecule has 1 aromatic carbocycles. The summed E-state index contributed by atoms with van der Waals surface area (Å²) in [4.78, 5) is 14.0. The summed E-state index contributed by atoms with van der Waals surface area (Å²) in [5.74, 6) is 0.888. The Kier molecular flexibility index (Phi) is 4.02. The maximum Gasteiger partial charge on any atom is 0.161 e. The lowest BCUT2D eigenvalue weighted by Crippen LogP contribution is -2.34. The second-order valence-corrected chi connectivity index (χ2v) is 6.58. The van der Waals surface area contributed by atoms with Crippen molar-refractivity contribution in [3.63, 3.8) is 0 Å². The second kappa shape index (κ2) is 5.77. The van der Waals surface area contributed by atoms with Crippen molar-refractivity contribution in [1.82, 2.24) is 0 Å². The molecule has 1 aliphatic carbocycles. The Morgan fingerprint density at radius 1 is 1.20 bits per heavy atom. The number of ketones is 1. The molecule has 0 amide bonds. The molecule has 1 aliphatic heterocycles. The van der Waals surface area contributed by atoms with Crippen LogP contribution in [0.15, 0.2) is 18.2 Å². The van der Waals surface area contributed by atoms with Gasteiger partial charge in [0.15, 0.2) is 5.78 Å². The molecule has 1 aromatic rings. The van der Waals surface area contributed by atoms with E-state index >= 15 is 0 Å². The number of halogens is 1. The first kappa shape index (κ1) is 13.9. The Bertz CT molecular complexity index is 508. The van der Waals surface area contributed by atoms with Crippen LogP contribution in [0.2, 0.25) is 5.02 Å². The Labute approximate surface area is 126 Å². The van der Waals surface area contributed by atoms with Crippen LogP contribution in [0.1, 0.15) is 55.8 Å². The Hall–Kier alpha value is -1.02. The van der Waals surface area contributed by atoms with Crippen molar-refractivity contribution in [2.45, 2.75) is 51.5 Å². The molecule has 0 bridgehead atoms. The maximum atomic E-state index is 11.5. The first-order chi connectivity index (χ1) is 9.66. The largest absolute Gasteiger partial charge is 0.368 e.